The minimum absolute atomic E-state index is 0.0373. The fraction of sp³-hybridized carbons (Fsp3) is 0.0769. The van der Waals surface area contributed by atoms with Crippen molar-refractivity contribution in [3.05, 3.63) is 53.3 Å². The smallest absolute Gasteiger partial charge is 0.408 e. The number of nitrogens with one attached hydrogen (secondary N) is 1. The van der Waals surface area contributed by atoms with Crippen molar-refractivity contribution < 1.29 is 12.8 Å². The maximum atomic E-state index is 12.3. The third-order valence-corrected chi connectivity index (χ3v) is 4.37. The van der Waals surface area contributed by atoms with Gasteiger partial charge in [0.1, 0.15) is 0 Å². The summed E-state index contributed by atoms with van der Waals surface area (Å²) < 4.78 is 33.2. The van der Waals surface area contributed by atoms with Crippen molar-refractivity contribution in [3.8, 4) is 0 Å². The molecule has 0 bridgehead atoms. The molecule has 108 valence electrons. The van der Waals surface area contributed by atoms with E-state index in [4.69, 9.17) is 4.42 Å². The number of nitrogens with zero attached hydrogens (tertiary/aromatic N) is 2. The maximum absolute atomic E-state index is 12.3. The maximum Gasteiger partial charge on any atom is 0.419 e. The van der Waals surface area contributed by atoms with Crippen molar-refractivity contribution in [2.24, 2.45) is 7.05 Å². The molecule has 0 aliphatic rings. The molecule has 0 fully saturated rings. The molecule has 0 unspecified atom stereocenters. The van der Waals surface area contributed by atoms with Crippen LogP contribution in [-0.2, 0) is 17.1 Å². The molecular formula is C13H11N3O4S. The van der Waals surface area contributed by atoms with Gasteiger partial charge in [0, 0.05) is 13.2 Å². The Balaban J connectivity index is 2.06. The van der Waals surface area contributed by atoms with E-state index < -0.39 is 15.8 Å². The molecule has 0 radical (unpaired) electrons. The minimum Gasteiger partial charge on any atom is -0.408 e. The van der Waals surface area contributed by atoms with Gasteiger partial charge in [0.25, 0.3) is 10.0 Å². The first-order valence-electron chi connectivity index (χ1n) is 6.00. The van der Waals surface area contributed by atoms with Crippen LogP contribution in [0.4, 0.5) is 5.69 Å². The lowest BCUT2D eigenvalue weighted by atomic mass is 10.3. The molecule has 0 saturated heterocycles. The topological polar surface area (TPSA) is 94.2 Å². The van der Waals surface area contributed by atoms with Crippen molar-refractivity contribution in [2.45, 2.75) is 4.90 Å². The Morgan fingerprint density at radius 3 is 2.81 bits per heavy atom. The lowest BCUT2D eigenvalue weighted by molar-refractivity contribution is 0.528. The third-order valence-electron chi connectivity index (χ3n) is 2.99. The number of hydrogen-bond donors (Lipinski definition) is 1. The first kappa shape index (κ1) is 13.4. The van der Waals surface area contributed by atoms with Gasteiger partial charge in [0.2, 0.25) is 0 Å². The van der Waals surface area contributed by atoms with Crippen molar-refractivity contribution in [2.75, 3.05) is 4.72 Å². The first-order valence-corrected chi connectivity index (χ1v) is 7.48. The average Bonchev–Trinajstić information content (AvgIpc) is 2.74. The molecule has 8 heteroatoms. The van der Waals surface area contributed by atoms with Crippen molar-refractivity contribution in [3.63, 3.8) is 0 Å². The molecule has 1 N–H and O–H groups in total. The highest BCUT2D eigenvalue weighted by molar-refractivity contribution is 7.92. The fourth-order valence-electron chi connectivity index (χ4n) is 1.91. The van der Waals surface area contributed by atoms with E-state index in [2.05, 4.69) is 9.71 Å². The second-order valence-electron chi connectivity index (χ2n) is 4.40. The van der Waals surface area contributed by atoms with Crippen LogP contribution in [0.5, 0.6) is 0 Å². The van der Waals surface area contributed by atoms with Crippen LogP contribution in [0.15, 0.2) is 56.8 Å². The van der Waals surface area contributed by atoms with Crippen LogP contribution in [0.3, 0.4) is 0 Å². The zero-order valence-electron chi connectivity index (χ0n) is 11.0. The van der Waals surface area contributed by atoms with Gasteiger partial charge in [0.15, 0.2) is 5.58 Å². The van der Waals surface area contributed by atoms with Gasteiger partial charge < -0.3 is 4.42 Å². The van der Waals surface area contributed by atoms with Crippen molar-refractivity contribution in [1.29, 1.82) is 0 Å². The second kappa shape index (κ2) is 4.74. The van der Waals surface area contributed by atoms with Crippen molar-refractivity contribution in [1.82, 2.24) is 9.55 Å². The quantitative estimate of drug-likeness (QED) is 0.787. The van der Waals surface area contributed by atoms with Gasteiger partial charge >= 0.3 is 5.76 Å². The van der Waals surface area contributed by atoms with E-state index >= 15 is 0 Å². The van der Waals surface area contributed by atoms with Crippen LogP contribution in [0.1, 0.15) is 0 Å². The predicted molar refractivity (Wildman–Crippen MR) is 76.5 cm³/mol. The Bertz CT molecular complexity index is 958. The summed E-state index contributed by atoms with van der Waals surface area (Å²) in [6.07, 6.45) is 2.95. The first-order chi connectivity index (χ1) is 9.97. The Hall–Kier alpha value is -2.61. The van der Waals surface area contributed by atoms with E-state index in [1.807, 2.05) is 0 Å². The lowest BCUT2D eigenvalue weighted by Gasteiger charge is -2.07. The van der Waals surface area contributed by atoms with Crippen LogP contribution >= 0.6 is 0 Å². The molecule has 7 nitrogen and oxygen atoms in total. The molecular weight excluding hydrogens is 294 g/mol. The molecule has 0 saturated carbocycles. The summed E-state index contributed by atoms with van der Waals surface area (Å²) in [6.45, 7) is 0. The number of fused-ring (bicyclic) bond motifs is 1. The summed E-state index contributed by atoms with van der Waals surface area (Å²) in [7, 11) is -2.25. The van der Waals surface area contributed by atoms with Crippen LogP contribution < -0.4 is 10.5 Å². The molecule has 0 aliphatic carbocycles. The molecule has 3 aromatic rings. The number of benzene rings is 1. The summed E-state index contributed by atoms with van der Waals surface area (Å²) in [5.74, 6) is -0.542. The van der Waals surface area contributed by atoms with Crippen LogP contribution in [-0.4, -0.2) is 18.0 Å². The van der Waals surface area contributed by atoms with Gasteiger partial charge in [-0.3, -0.25) is 14.3 Å². The molecule has 0 atom stereocenters. The summed E-state index contributed by atoms with van der Waals surface area (Å²) >= 11 is 0. The normalized spacial score (nSPS) is 11.7. The van der Waals surface area contributed by atoms with Crippen LogP contribution in [0.25, 0.3) is 11.1 Å². The fourth-order valence-corrected chi connectivity index (χ4v) is 2.97. The third kappa shape index (κ3) is 2.40. The van der Waals surface area contributed by atoms with Gasteiger partial charge in [-0.15, -0.1) is 0 Å². The van der Waals surface area contributed by atoms with Gasteiger partial charge in [0.05, 0.1) is 22.3 Å². The zero-order chi connectivity index (χ0) is 15.0. The Kier molecular flexibility index (Phi) is 3.02. The van der Waals surface area contributed by atoms with E-state index in [-0.39, 0.29) is 4.90 Å². The van der Waals surface area contributed by atoms with Gasteiger partial charge in [-0.1, -0.05) is 0 Å². The highest BCUT2D eigenvalue weighted by Gasteiger charge is 2.17. The van der Waals surface area contributed by atoms with E-state index in [1.54, 1.807) is 18.3 Å². The molecule has 1 aromatic carbocycles. The standard InChI is InChI=1S/C13H11N3O4S/c1-16-11-7-10(4-5-12(11)20-13(16)17)21(18,19)15-9-3-2-6-14-8-9/h2-8,15H,1H3. The van der Waals surface area contributed by atoms with Gasteiger partial charge in [-0.25, -0.2) is 13.2 Å². The number of rotatable bonds is 3. The van der Waals surface area contributed by atoms with Crippen LogP contribution in [0.2, 0.25) is 0 Å². The highest BCUT2D eigenvalue weighted by Crippen LogP contribution is 2.20. The van der Waals surface area contributed by atoms with E-state index in [1.165, 1.54) is 36.0 Å². The Morgan fingerprint density at radius 2 is 2.10 bits per heavy atom. The minimum atomic E-state index is -3.76. The monoisotopic (exact) mass is 305 g/mol. The zero-order valence-corrected chi connectivity index (χ0v) is 11.8. The number of aryl methyl sites for hydroxylation is 1. The molecule has 2 heterocycles. The summed E-state index contributed by atoms with van der Waals surface area (Å²) in [4.78, 5) is 15.3. The number of pyridine rings is 1. The molecule has 0 aliphatic heterocycles. The number of hydrogen-bond acceptors (Lipinski definition) is 5. The second-order valence-corrected chi connectivity index (χ2v) is 6.09. The van der Waals surface area contributed by atoms with Gasteiger partial charge in [-0.05, 0) is 30.3 Å². The van der Waals surface area contributed by atoms with Crippen LogP contribution in [0, 0.1) is 0 Å². The Labute approximate surface area is 119 Å². The largest absolute Gasteiger partial charge is 0.419 e. The summed E-state index contributed by atoms with van der Waals surface area (Å²) in [5.41, 5.74) is 1.11. The lowest BCUT2D eigenvalue weighted by Crippen LogP contribution is -2.13. The Morgan fingerprint density at radius 1 is 1.29 bits per heavy atom. The number of oxazole rings is 1. The molecule has 0 amide bonds. The van der Waals surface area contributed by atoms with E-state index in [0.29, 0.717) is 16.8 Å². The summed E-state index contributed by atoms with van der Waals surface area (Å²) in [6, 6.07) is 7.44. The average molecular weight is 305 g/mol. The number of anilines is 1. The van der Waals surface area contributed by atoms with E-state index in [9.17, 15) is 13.2 Å². The molecule has 21 heavy (non-hydrogen) atoms. The summed E-state index contributed by atoms with van der Waals surface area (Å²) in [5, 5.41) is 0. The SMILES string of the molecule is Cn1c(=O)oc2ccc(S(=O)(=O)Nc3cccnc3)cc21. The molecule has 2 aromatic heterocycles. The van der Waals surface area contributed by atoms with Crippen molar-refractivity contribution >= 4 is 26.8 Å². The number of aromatic nitrogens is 2. The highest BCUT2D eigenvalue weighted by atomic mass is 32.2. The van der Waals surface area contributed by atoms with E-state index in [0.717, 1.165) is 0 Å². The molecule has 0 spiro atoms. The van der Waals surface area contributed by atoms with Gasteiger partial charge in [-0.2, -0.15) is 0 Å². The predicted octanol–water partition coefficient (Wildman–Crippen LogP) is 1.33. The molecule has 3 rings (SSSR count). The number of sulfonamides is 1.